The van der Waals surface area contributed by atoms with E-state index in [2.05, 4.69) is 236 Å². The second-order valence-electron chi connectivity index (χ2n) is 16.0. The van der Waals surface area contributed by atoms with E-state index in [4.69, 9.17) is 5.10 Å². The predicted octanol–water partition coefficient (Wildman–Crippen LogP) is 14.9. The van der Waals surface area contributed by atoms with Crippen molar-refractivity contribution in [2.75, 3.05) is 4.90 Å². The van der Waals surface area contributed by atoms with Crippen LogP contribution < -0.4 is 4.90 Å². The minimum absolute atomic E-state index is 0.147. The molecule has 0 radical (unpaired) electrons. The molecule has 11 rings (SSSR count). The Labute approximate surface area is 345 Å². The van der Waals surface area contributed by atoms with Gasteiger partial charge in [-0.05, 0) is 75.3 Å². The van der Waals surface area contributed by atoms with Crippen LogP contribution in [0.1, 0.15) is 25.0 Å². The third kappa shape index (κ3) is 5.69. The molecule has 0 saturated heterocycles. The van der Waals surface area contributed by atoms with Crippen molar-refractivity contribution in [3.05, 3.63) is 223 Å². The molecular weight excluding hydrogens is 715 g/mol. The molecule has 2 aromatic heterocycles. The zero-order valence-corrected chi connectivity index (χ0v) is 33.0. The molecule has 0 bridgehead atoms. The molecule has 0 fully saturated rings. The fourth-order valence-corrected chi connectivity index (χ4v) is 9.33. The van der Waals surface area contributed by atoms with Crippen molar-refractivity contribution >= 4 is 33.4 Å². The normalized spacial score (nSPS) is 12.7. The molecule has 59 heavy (non-hydrogen) atoms. The lowest BCUT2D eigenvalue weighted by atomic mass is 9.82. The molecule has 0 spiro atoms. The van der Waals surface area contributed by atoms with Crippen molar-refractivity contribution < 1.29 is 0 Å². The van der Waals surface area contributed by atoms with E-state index < -0.39 is 0 Å². The Morgan fingerprint density at radius 2 is 0.983 bits per heavy atom. The molecule has 0 amide bonds. The molecule has 0 unspecified atom stereocenters. The van der Waals surface area contributed by atoms with E-state index in [0.717, 1.165) is 67.0 Å². The highest BCUT2D eigenvalue weighted by Gasteiger charge is 2.36. The van der Waals surface area contributed by atoms with Crippen LogP contribution in [0, 0.1) is 0 Å². The number of anilines is 3. The maximum atomic E-state index is 5.49. The van der Waals surface area contributed by atoms with Gasteiger partial charge in [-0.1, -0.05) is 190 Å². The predicted molar refractivity (Wildman–Crippen MR) is 247 cm³/mol. The largest absolute Gasteiger partial charge is 0.310 e. The first-order valence-electron chi connectivity index (χ1n) is 20.4. The summed E-state index contributed by atoms with van der Waals surface area (Å²) in [7, 11) is 0. The molecule has 3 nitrogen and oxygen atoms in total. The number of pyridine rings is 1. The molecule has 3 heteroatoms. The van der Waals surface area contributed by atoms with Gasteiger partial charge in [0.15, 0.2) is 0 Å². The minimum atomic E-state index is -0.147. The van der Waals surface area contributed by atoms with Gasteiger partial charge in [0.2, 0.25) is 0 Å². The molecule has 1 aliphatic rings. The zero-order chi connectivity index (χ0) is 39.5. The average Bonchev–Trinajstić information content (AvgIpc) is 3.81. The summed E-state index contributed by atoms with van der Waals surface area (Å²) in [6.45, 7) is 4.71. The van der Waals surface area contributed by atoms with Crippen LogP contribution in [0.4, 0.5) is 17.1 Å². The topological polar surface area (TPSA) is 20.5 Å². The second-order valence-corrected chi connectivity index (χ2v) is 16.0. The summed E-state index contributed by atoms with van der Waals surface area (Å²) in [6, 6.07) is 76.7. The quantitative estimate of drug-likeness (QED) is 0.161. The Hall–Kier alpha value is -7.49. The molecular formula is C56H41N3. The van der Waals surface area contributed by atoms with Crippen molar-refractivity contribution in [1.29, 1.82) is 0 Å². The lowest BCUT2D eigenvalue weighted by Gasteiger charge is -2.29. The highest BCUT2D eigenvalue weighted by molar-refractivity contribution is 6.13. The van der Waals surface area contributed by atoms with Crippen LogP contribution in [0.2, 0.25) is 0 Å². The van der Waals surface area contributed by atoms with Crippen LogP contribution >= 0.6 is 0 Å². The van der Waals surface area contributed by atoms with Gasteiger partial charge >= 0.3 is 0 Å². The maximum absolute atomic E-state index is 5.49. The zero-order valence-electron chi connectivity index (χ0n) is 33.0. The molecule has 0 atom stereocenters. The van der Waals surface area contributed by atoms with Crippen LogP contribution in [0.3, 0.4) is 0 Å². The van der Waals surface area contributed by atoms with Crippen LogP contribution in [0.5, 0.6) is 0 Å². The first-order chi connectivity index (χ1) is 29.0. The summed E-state index contributed by atoms with van der Waals surface area (Å²) in [6.07, 6.45) is 0. The molecule has 0 saturated carbocycles. The maximum Gasteiger partial charge on any atom is 0.101 e. The Morgan fingerprint density at radius 1 is 0.424 bits per heavy atom. The molecule has 10 aromatic rings. The highest BCUT2D eigenvalue weighted by Crippen LogP contribution is 2.52. The summed E-state index contributed by atoms with van der Waals surface area (Å²) in [5.74, 6) is 0. The molecule has 1 aliphatic carbocycles. The number of aromatic nitrogens is 2. The van der Waals surface area contributed by atoms with Gasteiger partial charge in [-0.25, -0.2) is 4.52 Å². The van der Waals surface area contributed by atoms with Crippen molar-refractivity contribution in [3.63, 3.8) is 0 Å². The summed E-state index contributed by atoms with van der Waals surface area (Å²) in [5.41, 5.74) is 18.4. The smallest absolute Gasteiger partial charge is 0.101 e. The van der Waals surface area contributed by atoms with E-state index in [-0.39, 0.29) is 5.41 Å². The number of fused-ring (bicyclic) bond motifs is 6. The van der Waals surface area contributed by atoms with Gasteiger partial charge in [0, 0.05) is 44.3 Å². The standard InChI is InChI=1S/C56H41N3/c1-56(2)49-28-16-15-26-45(49)46-35-34-44(36-50(46)56)58(43-32-30-39(31-33-43)38-18-7-3-8-19-38)51-29-17-27-47-48(51)37-52(40-20-9-4-10-21-40)59-55(47)53(41-22-11-5-12-23-41)54(57-59)42-24-13-6-14-25-42/h3-37H,1-2H3. The van der Waals surface area contributed by atoms with Gasteiger partial charge < -0.3 is 4.90 Å². The van der Waals surface area contributed by atoms with E-state index in [1.807, 2.05) is 0 Å². The van der Waals surface area contributed by atoms with E-state index in [1.165, 1.54) is 33.4 Å². The third-order valence-electron chi connectivity index (χ3n) is 12.2. The molecule has 0 aliphatic heterocycles. The Balaban J connectivity index is 1.22. The highest BCUT2D eigenvalue weighted by atomic mass is 15.2. The molecule has 280 valence electrons. The lowest BCUT2D eigenvalue weighted by molar-refractivity contribution is 0.660. The van der Waals surface area contributed by atoms with E-state index in [9.17, 15) is 0 Å². The van der Waals surface area contributed by atoms with Gasteiger partial charge in [0.05, 0.1) is 16.9 Å². The molecule has 2 heterocycles. The Kier molecular flexibility index (Phi) is 8.16. The first kappa shape index (κ1) is 34.7. The Morgan fingerprint density at radius 3 is 1.68 bits per heavy atom. The summed E-state index contributed by atoms with van der Waals surface area (Å²) in [4.78, 5) is 2.46. The monoisotopic (exact) mass is 755 g/mol. The minimum Gasteiger partial charge on any atom is -0.310 e. The number of benzene rings is 8. The lowest BCUT2D eigenvalue weighted by Crippen LogP contribution is -2.16. The SMILES string of the molecule is CC1(C)c2ccccc2-c2ccc(N(c3ccc(-c4ccccc4)cc3)c3cccc4c3cc(-c3ccccc3)n3nc(-c5ccccc5)c(-c5ccccc5)c43)cc21. The average molecular weight is 756 g/mol. The van der Waals surface area contributed by atoms with Gasteiger partial charge in [0.1, 0.15) is 5.69 Å². The van der Waals surface area contributed by atoms with Crippen molar-refractivity contribution in [2.45, 2.75) is 19.3 Å². The second kappa shape index (κ2) is 13.9. The number of rotatable bonds is 7. The Bertz CT molecular complexity index is 3150. The van der Waals surface area contributed by atoms with E-state index >= 15 is 0 Å². The summed E-state index contributed by atoms with van der Waals surface area (Å²) in [5, 5.41) is 7.77. The third-order valence-corrected chi connectivity index (χ3v) is 12.2. The van der Waals surface area contributed by atoms with Crippen LogP contribution in [0.25, 0.3) is 72.2 Å². The van der Waals surface area contributed by atoms with Crippen molar-refractivity contribution in [1.82, 2.24) is 9.61 Å². The van der Waals surface area contributed by atoms with Crippen LogP contribution in [-0.4, -0.2) is 9.61 Å². The van der Waals surface area contributed by atoms with E-state index in [0.29, 0.717) is 0 Å². The van der Waals surface area contributed by atoms with Crippen molar-refractivity contribution in [2.24, 2.45) is 0 Å². The van der Waals surface area contributed by atoms with E-state index in [1.54, 1.807) is 0 Å². The number of hydrogen-bond acceptors (Lipinski definition) is 2. The van der Waals surface area contributed by atoms with Crippen LogP contribution in [0.15, 0.2) is 212 Å². The molecule has 0 N–H and O–H groups in total. The van der Waals surface area contributed by atoms with Gasteiger partial charge in [-0.15, -0.1) is 0 Å². The van der Waals surface area contributed by atoms with Gasteiger partial charge in [-0.3, -0.25) is 0 Å². The summed E-state index contributed by atoms with van der Waals surface area (Å²) < 4.78 is 2.18. The fourth-order valence-electron chi connectivity index (χ4n) is 9.33. The van der Waals surface area contributed by atoms with Crippen molar-refractivity contribution in [3.8, 4) is 55.9 Å². The van der Waals surface area contributed by atoms with Crippen LogP contribution in [-0.2, 0) is 5.41 Å². The summed E-state index contributed by atoms with van der Waals surface area (Å²) >= 11 is 0. The number of hydrogen-bond donors (Lipinski definition) is 0. The molecule has 8 aromatic carbocycles. The van der Waals surface area contributed by atoms with Gasteiger partial charge in [-0.2, -0.15) is 5.10 Å². The van der Waals surface area contributed by atoms with Gasteiger partial charge in [0.25, 0.3) is 0 Å². The first-order valence-corrected chi connectivity index (χ1v) is 20.4. The number of nitrogens with zero attached hydrogens (tertiary/aromatic N) is 3. The fraction of sp³-hybridized carbons (Fsp3) is 0.0536.